The van der Waals surface area contributed by atoms with E-state index in [2.05, 4.69) is 4.98 Å². The number of benzene rings is 1. The van der Waals surface area contributed by atoms with Crippen LogP contribution in [0.3, 0.4) is 0 Å². The van der Waals surface area contributed by atoms with E-state index in [1.807, 2.05) is 29.2 Å². The maximum atomic E-state index is 14.0. The predicted molar refractivity (Wildman–Crippen MR) is 97.8 cm³/mol. The minimum absolute atomic E-state index is 0.122. The number of pyridine rings is 1. The van der Waals surface area contributed by atoms with Crippen LogP contribution in [0.4, 0.5) is 4.39 Å². The zero-order valence-corrected chi connectivity index (χ0v) is 14.9. The van der Waals surface area contributed by atoms with Crippen LogP contribution in [0.15, 0.2) is 53.7 Å². The molecule has 0 aliphatic carbocycles. The Morgan fingerprint density at radius 3 is 2.83 bits per heavy atom. The van der Waals surface area contributed by atoms with Crippen LogP contribution in [0.2, 0.25) is 0 Å². The molecule has 1 aromatic heterocycles. The molecule has 0 radical (unpaired) electrons. The summed E-state index contributed by atoms with van der Waals surface area (Å²) in [5.41, 5.74) is 0.753. The fraction of sp³-hybridized carbons (Fsp3) is 0.333. The molecule has 3 nitrogen and oxygen atoms in total. The van der Waals surface area contributed by atoms with Crippen LogP contribution in [0, 0.1) is 5.82 Å². The summed E-state index contributed by atoms with van der Waals surface area (Å²) in [5.74, 6) is 1.26. The van der Waals surface area contributed by atoms with Gasteiger partial charge in [0.2, 0.25) is 5.91 Å². The Morgan fingerprint density at radius 1 is 1.25 bits per heavy atom. The molecule has 6 heteroatoms. The molecular formula is C18H19FN2OS2. The fourth-order valence-electron chi connectivity index (χ4n) is 2.68. The van der Waals surface area contributed by atoms with Crippen molar-refractivity contribution < 1.29 is 9.18 Å². The molecule has 1 atom stereocenters. The lowest BCUT2D eigenvalue weighted by molar-refractivity contribution is -0.128. The summed E-state index contributed by atoms with van der Waals surface area (Å²) < 4.78 is 14.0. The van der Waals surface area contributed by atoms with Gasteiger partial charge in [0.1, 0.15) is 5.82 Å². The van der Waals surface area contributed by atoms with Gasteiger partial charge in [0, 0.05) is 46.9 Å². The van der Waals surface area contributed by atoms with E-state index in [4.69, 9.17) is 0 Å². The normalized spacial score (nSPS) is 18.2. The Morgan fingerprint density at radius 2 is 2.04 bits per heavy atom. The first-order valence-corrected chi connectivity index (χ1v) is 9.94. The number of rotatable bonds is 4. The zero-order valence-electron chi connectivity index (χ0n) is 13.2. The van der Waals surface area contributed by atoms with Crippen molar-refractivity contribution in [2.45, 2.75) is 16.6 Å². The molecule has 126 valence electrons. The van der Waals surface area contributed by atoms with Gasteiger partial charge in [0.25, 0.3) is 0 Å². The number of carbonyl (C=O) groups is 1. The lowest BCUT2D eigenvalue weighted by Crippen LogP contribution is -2.34. The Bertz CT molecular complexity index is 684. The van der Waals surface area contributed by atoms with Crippen molar-refractivity contribution in [1.82, 2.24) is 9.88 Å². The van der Waals surface area contributed by atoms with Gasteiger partial charge in [0.05, 0.1) is 5.75 Å². The van der Waals surface area contributed by atoms with Gasteiger partial charge in [-0.2, -0.15) is 11.8 Å². The van der Waals surface area contributed by atoms with Gasteiger partial charge in [-0.15, -0.1) is 11.8 Å². The van der Waals surface area contributed by atoms with Gasteiger partial charge in [-0.05, 0) is 24.6 Å². The van der Waals surface area contributed by atoms with Gasteiger partial charge in [-0.1, -0.05) is 18.2 Å². The van der Waals surface area contributed by atoms with Crippen molar-refractivity contribution in [3.05, 3.63) is 60.2 Å². The third kappa shape index (κ3) is 4.51. The summed E-state index contributed by atoms with van der Waals surface area (Å²) in [6.07, 6.45) is 4.25. The first-order valence-electron chi connectivity index (χ1n) is 7.90. The van der Waals surface area contributed by atoms with E-state index in [1.54, 1.807) is 30.2 Å². The van der Waals surface area contributed by atoms with Gasteiger partial charge < -0.3 is 4.90 Å². The summed E-state index contributed by atoms with van der Waals surface area (Å²) in [6, 6.07) is 10.8. The lowest BCUT2D eigenvalue weighted by atomic mass is 10.1. The number of hydrogen-bond donors (Lipinski definition) is 0. The van der Waals surface area contributed by atoms with Crippen LogP contribution in [0.25, 0.3) is 0 Å². The molecule has 1 saturated heterocycles. The second-order valence-electron chi connectivity index (χ2n) is 5.52. The monoisotopic (exact) mass is 362 g/mol. The highest BCUT2D eigenvalue weighted by molar-refractivity contribution is 8.00. The fourth-order valence-corrected chi connectivity index (χ4v) is 4.72. The number of amides is 1. The minimum Gasteiger partial charge on any atom is -0.341 e. The molecular weight excluding hydrogens is 343 g/mol. The van der Waals surface area contributed by atoms with Crippen LogP contribution >= 0.6 is 23.5 Å². The Balaban J connectivity index is 1.55. The number of nitrogens with zero attached hydrogens (tertiary/aromatic N) is 2. The smallest absolute Gasteiger partial charge is 0.232 e. The molecule has 24 heavy (non-hydrogen) atoms. The van der Waals surface area contributed by atoms with Gasteiger partial charge in [-0.25, -0.2) is 4.39 Å². The van der Waals surface area contributed by atoms with Gasteiger partial charge in [-0.3, -0.25) is 9.78 Å². The highest BCUT2D eigenvalue weighted by Gasteiger charge is 2.23. The molecule has 0 bridgehead atoms. The van der Waals surface area contributed by atoms with Crippen LogP contribution in [0.5, 0.6) is 0 Å². The highest BCUT2D eigenvalue weighted by atomic mass is 32.2. The number of thioether (sulfide) groups is 2. The average molecular weight is 362 g/mol. The third-order valence-electron chi connectivity index (χ3n) is 3.96. The molecule has 3 rings (SSSR count). The van der Waals surface area contributed by atoms with E-state index >= 15 is 0 Å². The molecule has 1 unspecified atom stereocenters. The Hall–Kier alpha value is -1.53. The summed E-state index contributed by atoms with van der Waals surface area (Å²) >= 11 is 3.27. The summed E-state index contributed by atoms with van der Waals surface area (Å²) in [4.78, 5) is 19.4. The molecule has 0 spiro atoms. The highest BCUT2D eigenvalue weighted by Crippen LogP contribution is 2.35. The van der Waals surface area contributed by atoms with Crippen molar-refractivity contribution in [3.63, 3.8) is 0 Å². The van der Waals surface area contributed by atoms with E-state index in [-0.39, 0.29) is 17.0 Å². The lowest BCUT2D eigenvalue weighted by Gasteiger charge is -2.20. The molecule has 2 heterocycles. The first-order chi connectivity index (χ1) is 11.7. The van der Waals surface area contributed by atoms with Crippen molar-refractivity contribution in [2.75, 3.05) is 24.6 Å². The van der Waals surface area contributed by atoms with Crippen molar-refractivity contribution in [1.29, 1.82) is 0 Å². The van der Waals surface area contributed by atoms with E-state index in [1.165, 1.54) is 17.8 Å². The number of aromatic nitrogens is 1. The Kier molecular flexibility index (Phi) is 6.15. The van der Waals surface area contributed by atoms with E-state index in [9.17, 15) is 9.18 Å². The third-order valence-corrected chi connectivity index (χ3v) is 6.27. The maximum absolute atomic E-state index is 14.0. The van der Waals surface area contributed by atoms with Crippen LogP contribution in [-0.4, -0.2) is 40.4 Å². The van der Waals surface area contributed by atoms with Crippen molar-refractivity contribution in [2.24, 2.45) is 0 Å². The molecule has 1 fully saturated rings. The quantitative estimate of drug-likeness (QED) is 0.769. The number of hydrogen-bond acceptors (Lipinski definition) is 4. The number of carbonyl (C=O) groups excluding carboxylic acids is 1. The first kappa shape index (κ1) is 17.3. The van der Waals surface area contributed by atoms with E-state index in [0.717, 1.165) is 29.2 Å². The molecule has 0 N–H and O–H groups in total. The summed E-state index contributed by atoms with van der Waals surface area (Å²) in [7, 11) is 0. The molecule has 1 aromatic carbocycles. The molecule has 2 aromatic rings. The molecule has 1 amide bonds. The molecule has 1 aliphatic rings. The van der Waals surface area contributed by atoms with Gasteiger partial charge in [0.15, 0.2) is 0 Å². The largest absolute Gasteiger partial charge is 0.341 e. The van der Waals surface area contributed by atoms with E-state index < -0.39 is 0 Å². The summed E-state index contributed by atoms with van der Waals surface area (Å²) in [5, 5.41) is 0.122. The summed E-state index contributed by atoms with van der Waals surface area (Å²) in [6.45, 7) is 1.41. The van der Waals surface area contributed by atoms with Crippen LogP contribution in [0.1, 0.15) is 17.2 Å². The predicted octanol–water partition coefficient (Wildman–Crippen LogP) is 4.02. The van der Waals surface area contributed by atoms with Gasteiger partial charge >= 0.3 is 0 Å². The van der Waals surface area contributed by atoms with Crippen LogP contribution in [-0.2, 0) is 4.79 Å². The number of halogens is 1. The topological polar surface area (TPSA) is 33.2 Å². The zero-order chi connectivity index (χ0) is 16.8. The van der Waals surface area contributed by atoms with Crippen molar-refractivity contribution >= 4 is 29.4 Å². The van der Waals surface area contributed by atoms with Crippen LogP contribution < -0.4 is 0 Å². The van der Waals surface area contributed by atoms with E-state index in [0.29, 0.717) is 12.3 Å². The van der Waals surface area contributed by atoms with Crippen molar-refractivity contribution in [3.8, 4) is 0 Å². The molecule has 1 aliphatic heterocycles. The average Bonchev–Trinajstić information content (AvgIpc) is 2.87. The molecule has 0 saturated carbocycles. The minimum atomic E-state index is -0.150. The second kappa shape index (κ2) is 8.53. The standard InChI is InChI=1S/C18H19FN2OS2/c19-16-4-2-1-3-15(16)17-7-10-21(11-12-23-17)18(22)13-24-14-5-8-20-9-6-14/h1-6,8-9,17H,7,10-13H2. The maximum Gasteiger partial charge on any atom is 0.232 e. The second-order valence-corrected chi connectivity index (χ2v) is 7.88. The SMILES string of the molecule is O=C(CSc1ccncc1)N1CCSC(c2ccccc2F)CC1. The Labute approximate surface area is 150 Å².